The van der Waals surface area contributed by atoms with Crippen LogP contribution in [0.1, 0.15) is 71.6 Å². The van der Waals surface area contributed by atoms with Gasteiger partial charge in [-0.05, 0) is 93.7 Å². The van der Waals surface area contributed by atoms with Crippen LogP contribution in [0.4, 0.5) is 26.3 Å². The van der Waals surface area contributed by atoms with Crippen molar-refractivity contribution in [1.82, 2.24) is 25.1 Å². The zero-order valence-electron chi connectivity index (χ0n) is 32.8. The molecule has 3 aromatic carbocycles. The molecule has 3 aliphatic rings. The van der Waals surface area contributed by atoms with E-state index in [1.807, 2.05) is 40.2 Å². The first-order chi connectivity index (χ1) is 28.3. The number of hydrogen-bond acceptors (Lipinski definition) is 8. The number of ether oxygens (including phenoxy) is 1. The Morgan fingerprint density at radius 2 is 1.42 bits per heavy atom. The lowest BCUT2D eigenvalue weighted by Gasteiger charge is -2.43. The van der Waals surface area contributed by atoms with Gasteiger partial charge in [-0.3, -0.25) is 34.4 Å². The van der Waals surface area contributed by atoms with E-state index in [4.69, 9.17) is 27.9 Å². The molecule has 1 N–H and O–H groups in total. The highest BCUT2D eigenvalue weighted by atomic mass is 35.5. The number of nitrogens with one attached hydrogen (secondary N) is 1. The maximum Gasteiger partial charge on any atom is 0.416 e. The number of likely N-dealkylation sites (tertiary alicyclic amines) is 2. The molecule has 3 heterocycles. The van der Waals surface area contributed by atoms with Crippen LogP contribution in [-0.4, -0.2) is 109 Å². The number of nitrogens with zero attached hydrogens (tertiary/aromatic N) is 4. The Bertz CT molecular complexity index is 2020. The zero-order valence-corrected chi connectivity index (χ0v) is 34.3. The lowest BCUT2D eigenvalue weighted by molar-refractivity contribution is -0.146. The molecule has 3 aromatic rings. The molecule has 60 heavy (non-hydrogen) atoms. The van der Waals surface area contributed by atoms with Gasteiger partial charge in [-0.25, -0.2) is 5.01 Å². The van der Waals surface area contributed by atoms with Gasteiger partial charge in [0.25, 0.3) is 5.91 Å². The Morgan fingerprint density at radius 3 is 2.00 bits per heavy atom. The van der Waals surface area contributed by atoms with Gasteiger partial charge in [0.05, 0.1) is 39.7 Å². The van der Waals surface area contributed by atoms with Crippen molar-refractivity contribution in [2.24, 2.45) is 0 Å². The Hall–Kier alpha value is -4.22. The van der Waals surface area contributed by atoms with Crippen LogP contribution in [0, 0.1) is 0 Å². The first kappa shape index (κ1) is 45.3. The molecule has 3 amide bonds. The lowest BCUT2D eigenvalue weighted by atomic mass is 9.72. The predicted octanol–water partition coefficient (Wildman–Crippen LogP) is 7.37. The Labute approximate surface area is 353 Å². The standard InChI is InChI=1S/C42H45Cl2F6N5O5/c1-2-60-36(57)26-53-17-19-54(20-18-53)51-38(59)40(29-7-4-3-5-8-29)12-15-52(16-13-40)14-6-11-39(30-9-10-33(43)34(44)24-30)25-35(56)55(27-39)37(58)28-21-31(41(45,46)47)23-32(22-28)42(48,49)50/h3-5,7-10,21-24H,2,6,11-20,25-27H2,1H3,(H,51,59). The number of imide groups is 1. The molecule has 6 rings (SSSR count). The topological polar surface area (TPSA) is 102 Å². The van der Waals surface area contributed by atoms with Crippen LogP contribution in [0.5, 0.6) is 0 Å². The number of esters is 1. The summed E-state index contributed by atoms with van der Waals surface area (Å²) in [7, 11) is 0. The van der Waals surface area contributed by atoms with Gasteiger partial charge in [0, 0.05) is 50.1 Å². The number of halogens is 8. The van der Waals surface area contributed by atoms with Gasteiger partial charge in [-0.1, -0.05) is 59.6 Å². The third-order valence-electron chi connectivity index (χ3n) is 11.8. The van der Waals surface area contributed by atoms with Gasteiger partial charge < -0.3 is 9.64 Å². The third kappa shape index (κ3) is 10.3. The summed E-state index contributed by atoms with van der Waals surface area (Å²) >= 11 is 12.6. The van der Waals surface area contributed by atoms with Crippen LogP contribution in [0.2, 0.25) is 10.0 Å². The minimum absolute atomic E-state index is 0.0713. The average Bonchev–Trinajstić information content (AvgIpc) is 3.55. The number of hydrogen-bond donors (Lipinski definition) is 1. The average molecular weight is 885 g/mol. The molecule has 0 aliphatic carbocycles. The molecule has 324 valence electrons. The number of benzene rings is 3. The number of carbonyl (C=O) groups is 4. The summed E-state index contributed by atoms with van der Waals surface area (Å²) in [5, 5.41) is 2.28. The quantitative estimate of drug-likeness (QED) is 0.114. The maximum atomic E-state index is 14.2. The second-order valence-electron chi connectivity index (χ2n) is 15.6. The van der Waals surface area contributed by atoms with E-state index in [0.29, 0.717) is 101 Å². The summed E-state index contributed by atoms with van der Waals surface area (Å²) in [5.74, 6) is -2.44. The van der Waals surface area contributed by atoms with Crippen molar-refractivity contribution in [3.63, 3.8) is 0 Å². The van der Waals surface area contributed by atoms with Crippen molar-refractivity contribution in [2.75, 3.05) is 65.5 Å². The second kappa shape index (κ2) is 18.4. The van der Waals surface area contributed by atoms with Gasteiger partial charge in [0.2, 0.25) is 11.8 Å². The van der Waals surface area contributed by atoms with Crippen molar-refractivity contribution in [1.29, 1.82) is 0 Å². The smallest absolute Gasteiger partial charge is 0.416 e. The van der Waals surface area contributed by atoms with E-state index < -0.39 is 51.7 Å². The number of alkyl halides is 6. The molecule has 3 aliphatic heterocycles. The molecule has 18 heteroatoms. The molecule has 1 unspecified atom stereocenters. The van der Waals surface area contributed by atoms with Crippen LogP contribution in [0.25, 0.3) is 0 Å². The Morgan fingerprint density at radius 1 is 0.783 bits per heavy atom. The van der Waals surface area contributed by atoms with Gasteiger partial charge in [-0.15, -0.1) is 0 Å². The van der Waals surface area contributed by atoms with E-state index in [1.54, 1.807) is 19.1 Å². The molecule has 0 aromatic heterocycles. The highest BCUT2D eigenvalue weighted by molar-refractivity contribution is 6.42. The SMILES string of the molecule is CCOC(=O)CN1CCN(NC(=O)C2(c3ccccc3)CCN(CCCC3(c4ccc(Cl)c(Cl)c4)CC(=O)N(C(=O)c4cc(C(F)(F)F)cc(C(F)(F)F)c4)C3)CC2)CC1. The highest BCUT2D eigenvalue weighted by Crippen LogP contribution is 2.44. The predicted molar refractivity (Wildman–Crippen MR) is 211 cm³/mol. The molecule has 1 atom stereocenters. The van der Waals surface area contributed by atoms with Crippen molar-refractivity contribution < 1.29 is 50.3 Å². The maximum absolute atomic E-state index is 14.2. The number of carbonyl (C=O) groups excluding carboxylic acids is 4. The fourth-order valence-electron chi connectivity index (χ4n) is 8.44. The van der Waals surface area contributed by atoms with Crippen LogP contribution in [-0.2, 0) is 42.3 Å². The Kier molecular flexibility index (Phi) is 13.9. The van der Waals surface area contributed by atoms with Crippen LogP contribution in [0.3, 0.4) is 0 Å². The van der Waals surface area contributed by atoms with Crippen LogP contribution < -0.4 is 5.43 Å². The second-order valence-corrected chi connectivity index (χ2v) is 16.4. The lowest BCUT2D eigenvalue weighted by Crippen LogP contribution is -2.59. The van der Waals surface area contributed by atoms with E-state index in [1.165, 1.54) is 6.07 Å². The summed E-state index contributed by atoms with van der Waals surface area (Å²) in [5.41, 5.74) is -1.57. The third-order valence-corrected chi connectivity index (χ3v) is 12.5. The largest absolute Gasteiger partial charge is 0.465 e. The molecular formula is C42H45Cl2F6N5O5. The number of piperidine rings is 1. The number of piperazine rings is 1. The molecule has 0 saturated carbocycles. The van der Waals surface area contributed by atoms with Gasteiger partial charge >= 0.3 is 18.3 Å². The molecule has 0 bridgehead atoms. The number of hydrazine groups is 1. The fourth-order valence-corrected chi connectivity index (χ4v) is 8.74. The summed E-state index contributed by atoms with van der Waals surface area (Å²) in [6, 6.07) is 14.9. The first-order valence-electron chi connectivity index (χ1n) is 19.7. The molecule has 3 fully saturated rings. The minimum Gasteiger partial charge on any atom is -0.465 e. The molecule has 0 radical (unpaired) electrons. The molecule has 10 nitrogen and oxygen atoms in total. The van der Waals surface area contributed by atoms with E-state index in [0.717, 1.165) is 5.56 Å². The van der Waals surface area contributed by atoms with E-state index in [-0.39, 0.29) is 47.5 Å². The van der Waals surface area contributed by atoms with E-state index in [2.05, 4.69) is 10.3 Å². The van der Waals surface area contributed by atoms with Crippen molar-refractivity contribution in [3.8, 4) is 0 Å². The van der Waals surface area contributed by atoms with Gasteiger partial charge in [0.1, 0.15) is 0 Å². The normalized spacial score (nSPS) is 20.6. The summed E-state index contributed by atoms with van der Waals surface area (Å²) in [6.45, 7) is 5.80. The first-order valence-corrected chi connectivity index (χ1v) is 20.4. The summed E-state index contributed by atoms with van der Waals surface area (Å²) in [4.78, 5) is 58.3. The van der Waals surface area contributed by atoms with Crippen LogP contribution >= 0.6 is 23.2 Å². The van der Waals surface area contributed by atoms with Crippen LogP contribution in [0.15, 0.2) is 66.7 Å². The van der Waals surface area contributed by atoms with Crippen molar-refractivity contribution in [3.05, 3.63) is 105 Å². The van der Waals surface area contributed by atoms with Crippen molar-refractivity contribution >= 4 is 46.9 Å². The van der Waals surface area contributed by atoms with Gasteiger partial charge in [-0.2, -0.15) is 26.3 Å². The molecule has 3 saturated heterocycles. The Balaban J connectivity index is 1.15. The number of rotatable bonds is 12. The van der Waals surface area contributed by atoms with Gasteiger partial charge in [0.15, 0.2) is 0 Å². The summed E-state index contributed by atoms with van der Waals surface area (Å²) < 4.78 is 87.1. The van der Waals surface area contributed by atoms with E-state index >= 15 is 0 Å². The van der Waals surface area contributed by atoms with E-state index in [9.17, 15) is 45.5 Å². The van der Waals surface area contributed by atoms with Crippen molar-refractivity contribution in [2.45, 2.75) is 62.2 Å². The zero-order chi connectivity index (χ0) is 43.5. The molecular weight excluding hydrogens is 839 g/mol. The highest BCUT2D eigenvalue weighted by Gasteiger charge is 2.48. The fraction of sp³-hybridized carbons (Fsp3) is 0.476. The minimum atomic E-state index is -5.18. The monoisotopic (exact) mass is 883 g/mol. The summed E-state index contributed by atoms with van der Waals surface area (Å²) in [6.07, 6.45) is -8.83. The number of amides is 3. The molecule has 0 spiro atoms.